The third kappa shape index (κ3) is 7.76. The summed E-state index contributed by atoms with van der Waals surface area (Å²) >= 11 is 0. The van der Waals surface area contributed by atoms with Crippen molar-refractivity contribution in [2.24, 2.45) is 5.92 Å². The minimum atomic E-state index is -1.19. The molecule has 1 saturated heterocycles. The average molecular weight is 383 g/mol. The van der Waals surface area contributed by atoms with E-state index >= 15 is 0 Å². The monoisotopic (exact) mass is 382 g/mol. The van der Waals surface area contributed by atoms with E-state index in [-0.39, 0.29) is 11.8 Å². The molecule has 0 aromatic carbocycles. The normalized spacial score (nSPS) is 22.2. The van der Waals surface area contributed by atoms with Gasteiger partial charge in [0.15, 0.2) is 6.10 Å². The van der Waals surface area contributed by atoms with E-state index in [4.69, 9.17) is 0 Å². The minimum absolute atomic E-state index is 0.114. The van der Waals surface area contributed by atoms with Crippen molar-refractivity contribution in [1.82, 2.24) is 20.4 Å². The molecule has 0 aromatic rings. The van der Waals surface area contributed by atoms with Gasteiger partial charge in [-0.05, 0) is 32.2 Å². The summed E-state index contributed by atoms with van der Waals surface area (Å²) in [6.45, 7) is 6.59. The Morgan fingerprint density at radius 1 is 1.11 bits per heavy atom. The molecular formula is C20H38N4O3. The number of aliphatic hydroxyl groups is 1. The second-order valence-electron chi connectivity index (χ2n) is 8.24. The number of likely N-dealkylation sites (N-methyl/N-ethyl adjacent to an activating group) is 1. The molecule has 1 aliphatic carbocycles. The molecule has 2 amide bonds. The van der Waals surface area contributed by atoms with Gasteiger partial charge in [0.25, 0.3) is 5.91 Å². The predicted octanol–water partition coefficient (Wildman–Crippen LogP) is 0.576. The van der Waals surface area contributed by atoms with Crippen LogP contribution in [0.4, 0.5) is 0 Å². The molecule has 27 heavy (non-hydrogen) atoms. The standard InChI is InChI=1S/C20H38N4O3/c1-3-7-17(22-18(25)15-24-12-10-23(2)11-13-24)19(26)20(27)21-14-16-8-5-4-6-9-16/h16-17,19,26H,3-15H2,1-2H3,(H,21,27)(H,22,25). The molecule has 2 atom stereocenters. The van der Waals surface area contributed by atoms with Crippen molar-refractivity contribution in [3.8, 4) is 0 Å². The first kappa shape index (κ1) is 22.1. The van der Waals surface area contributed by atoms with Gasteiger partial charge >= 0.3 is 0 Å². The van der Waals surface area contributed by atoms with Crippen LogP contribution < -0.4 is 10.6 Å². The second kappa shape index (κ2) is 11.6. The maximum atomic E-state index is 12.4. The number of carbonyl (C=O) groups excluding carboxylic acids is 2. The summed E-state index contributed by atoms with van der Waals surface area (Å²) in [7, 11) is 2.08. The lowest BCUT2D eigenvalue weighted by Crippen LogP contribution is -2.54. The lowest BCUT2D eigenvalue weighted by Gasteiger charge is -2.32. The summed E-state index contributed by atoms with van der Waals surface area (Å²) in [4.78, 5) is 29.1. The summed E-state index contributed by atoms with van der Waals surface area (Å²) in [5.41, 5.74) is 0. The van der Waals surface area contributed by atoms with Gasteiger partial charge in [0.2, 0.25) is 5.91 Å². The Kier molecular flexibility index (Phi) is 9.51. The van der Waals surface area contributed by atoms with Crippen LogP contribution in [0.1, 0.15) is 51.9 Å². The fraction of sp³-hybridized carbons (Fsp3) is 0.900. The van der Waals surface area contributed by atoms with E-state index in [0.29, 0.717) is 25.4 Å². The molecule has 0 bridgehead atoms. The van der Waals surface area contributed by atoms with E-state index in [9.17, 15) is 14.7 Å². The van der Waals surface area contributed by atoms with Crippen molar-refractivity contribution in [1.29, 1.82) is 0 Å². The van der Waals surface area contributed by atoms with E-state index in [1.165, 1.54) is 19.3 Å². The fourth-order valence-corrected chi connectivity index (χ4v) is 4.00. The third-order valence-electron chi connectivity index (χ3n) is 5.85. The Balaban J connectivity index is 1.77. The van der Waals surface area contributed by atoms with Crippen LogP contribution >= 0.6 is 0 Å². The van der Waals surface area contributed by atoms with E-state index in [2.05, 4.69) is 27.5 Å². The maximum Gasteiger partial charge on any atom is 0.250 e. The van der Waals surface area contributed by atoms with Crippen molar-refractivity contribution >= 4 is 11.8 Å². The van der Waals surface area contributed by atoms with Crippen LogP contribution in [0.2, 0.25) is 0 Å². The highest BCUT2D eigenvalue weighted by molar-refractivity contribution is 5.83. The Morgan fingerprint density at radius 3 is 2.41 bits per heavy atom. The Bertz CT molecular complexity index is 460. The lowest BCUT2D eigenvalue weighted by atomic mass is 9.89. The zero-order chi connectivity index (χ0) is 19.6. The molecule has 3 N–H and O–H groups in total. The first-order valence-electron chi connectivity index (χ1n) is 10.7. The minimum Gasteiger partial charge on any atom is -0.381 e. The van der Waals surface area contributed by atoms with Crippen molar-refractivity contribution < 1.29 is 14.7 Å². The van der Waals surface area contributed by atoms with E-state index < -0.39 is 12.1 Å². The molecule has 0 aromatic heterocycles. The lowest BCUT2D eigenvalue weighted by molar-refractivity contribution is -0.132. The van der Waals surface area contributed by atoms with Crippen molar-refractivity contribution in [3.05, 3.63) is 0 Å². The van der Waals surface area contributed by atoms with Gasteiger partial charge < -0.3 is 20.6 Å². The number of hydrogen-bond donors (Lipinski definition) is 3. The highest BCUT2D eigenvalue weighted by Crippen LogP contribution is 2.22. The number of nitrogens with one attached hydrogen (secondary N) is 2. The molecule has 1 aliphatic heterocycles. The number of nitrogens with zero attached hydrogens (tertiary/aromatic N) is 2. The van der Waals surface area contributed by atoms with Gasteiger partial charge in [0.05, 0.1) is 12.6 Å². The van der Waals surface area contributed by atoms with Crippen LogP contribution in [0.5, 0.6) is 0 Å². The number of amides is 2. The number of rotatable bonds is 9. The average Bonchev–Trinajstić information content (AvgIpc) is 2.68. The molecule has 1 heterocycles. The van der Waals surface area contributed by atoms with Crippen LogP contribution in [0.25, 0.3) is 0 Å². The summed E-state index contributed by atoms with van der Waals surface area (Å²) in [5, 5.41) is 16.3. The zero-order valence-electron chi connectivity index (χ0n) is 17.1. The number of carbonyl (C=O) groups is 2. The molecule has 7 nitrogen and oxygen atoms in total. The molecule has 0 radical (unpaired) electrons. The molecule has 0 spiro atoms. The number of hydrogen-bond acceptors (Lipinski definition) is 5. The first-order chi connectivity index (χ1) is 13.0. The smallest absolute Gasteiger partial charge is 0.250 e. The molecule has 156 valence electrons. The van der Waals surface area contributed by atoms with Gasteiger partial charge in [0.1, 0.15) is 0 Å². The molecule has 2 rings (SSSR count). The van der Waals surface area contributed by atoms with Crippen LogP contribution in [-0.2, 0) is 9.59 Å². The SMILES string of the molecule is CCCC(NC(=O)CN1CCN(C)CC1)C(O)C(=O)NCC1CCCCC1. The second-order valence-corrected chi connectivity index (χ2v) is 8.24. The fourth-order valence-electron chi connectivity index (χ4n) is 4.00. The van der Waals surface area contributed by atoms with Crippen molar-refractivity contribution in [3.63, 3.8) is 0 Å². The van der Waals surface area contributed by atoms with E-state index in [1.807, 2.05) is 6.92 Å². The molecule has 7 heteroatoms. The molecule has 1 saturated carbocycles. The summed E-state index contributed by atoms with van der Waals surface area (Å²) < 4.78 is 0. The Labute approximate surface area is 163 Å². The maximum absolute atomic E-state index is 12.4. The third-order valence-corrected chi connectivity index (χ3v) is 5.85. The van der Waals surface area contributed by atoms with Gasteiger partial charge in [-0.1, -0.05) is 32.6 Å². The zero-order valence-corrected chi connectivity index (χ0v) is 17.1. The van der Waals surface area contributed by atoms with Gasteiger partial charge in [-0.15, -0.1) is 0 Å². The number of piperazine rings is 1. The van der Waals surface area contributed by atoms with Gasteiger partial charge in [0, 0.05) is 32.7 Å². The summed E-state index contributed by atoms with van der Waals surface area (Å²) in [5.74, 6) is 0.0439. The summed E-state index contributed by atoms with van der Waals surface area (Å²) in [6.07, 6.45) is 6.23. The molecule has 2 aliphatic rings. The summed E-state index contributed by atoms with van der Waals surface area (Å²) in [6, 6.07) is -0.527. The van der Waals surface area contributed by atoms with Crippen LogP contribution in [0, 0.1) is 5.92 Å². The highest BCUT2D eigenvalue weighted by Gasteiger charge is 2.28. The molecule has 2 unspecified atom stereocenters. The molecule has 2 fully saturated rings. The quantitative estimate of drug-likeness (QED) is 0.543. The molecular weight excluding hydrogens is 344 g/mol. The first-order valence-corrected chi connectivity index (χ1v) is 10.7. The Morgan fingerprint density at radius 2 is 1.78 bits per heavy atom. The van der Waals surface area contributed by atoms with Crippen molar-refractivity contribution in [2.75, 3.05) is 46.3 Å². The van der Waals surface area contributed by atoms with Gasteiger partial charge in [-0.2, -0.15) is 0 Å². The van der Waals surface area contributed by atoms with Gasteiger partial charge in [-0.3, -0.25) is 14.5 Å². The largest absolute Gasteiger partial charge is 0.381 e. The van der Waals surface area contributed by atoms with Crippen molar-refractivity contribution in [2.45, 2.75) is 64.0 Å². The van der Waals surface area contributed by atoms with Crippen LogP contribution in [-0.4, -0.2) is 85.2 Å². The van der Waals surface area contributed by atoms with E-state index in [0.717, 1.165) is 45.4 Å². The number of aliphatic hydroxyl groups excluding tert-OH is 1. The van der Waals surface area contributed by atoms with E-state index in [1.54, 1.807) is 0 Å². The predicted molar refractivity (Wildman–Crippen MR) is 106 cm³/mol. The Hall–Kier alpha value is -1.18. The van der Waals surface area contributed by atoms with Gasteiger partial charge in [-0.25, -0.2) is 0 Å². The van der Waals surface area contributed by atoms with Crippen LogP contribution in [0.15, 0.2) is 0 Å². The highest BCUT2D eigenvalue weighted by atomic mass is 16.3. The van der Waals surface area contributed by atoms with Crippen LogP contribution in [0.3, 0.4) is 0 Å². The topological polar surface area (TPSA) is 84.9 Å².